The Morgan fingerprint density at radius 3 is 2.38 bits per heavy atom. The highest BCUT2D eigenvalue weighted by Crippen LogP contribution is 2.20. The van der Waals surface area contributed by atoms with Gasteiger partial charge < -0.3 is 10.2 Å². The second-order valence-electron chi connectivity index (χ2n) is 3.62. The third kappa shape index (κ3) is 2.31. The molecule has 0 saturated heterocycles. The summed E-state index contributed by atoms with van der Waals surface area (Å²) in [4.78, 5) is 0. The first kappa shape index (κ1) is 10.5. The lowest BCUT2D eigenvalue weighted by Gasteiger charge is -2.04. The first-order chi connectivity index (χ1) is 7.65. The standard InChI is InChI=1S/C13H11FO2/c14-13-8-12(16)5-4-10(13)6-9-2-1-3-11(15)7-9/h1-5,7-8,15-16H,6H2. The number of hydrogen-bond acceptors (Lipinski definition) is 2. The molecule has 0 spiro atoms. The van der Waals surface area contributed by atoms with Crippen molar-refractivity contribution in [2.24, 2.45) is 0 Å². The lowest BCUT2D eigenvalue weighted by atomic mass is 10.0. The zero-order chi connectivity index (χ0) is 11.5. The van der Waals surface area contributed by atoms with Crippen LogP contribution in [0.1, 0.15) is 11.1 Å². The molecule has 0 saturated carbocycles. The van der Waals surface area contributed by atoms with E-state index in [0.29, 0.717) is 12.0 Å². The van der Waals surface area contributed by atoms with Gasteiger partial charge in [-0.25, -0.2) is 4.39 Å². The van der Waals surface area contributed by atoms with Crippen molar-refractivity contribution in [2.45, 2.75) is 6.42 Å². The molecule has 16 heavy (non-hydrogen) atoms. The fourth-order valence-electron chi connectivity index (χ4n) is 1.57. The molecule has 0 amide bonds. The van der Waals surface area contributed by atoms with Gasteiger partial charge in [0.1, 0.15) is 17.3 Å². The summed E-state index contributed by atoms with van der Waals surface area (Å²) in [6.07, 6.45) is 0.389. The van der Waals surface area contributed by atoms with Crippen molar-refractivity contribution < 1.29 is 14.6 Å². The molecule has 2 N–H and O–H groups in total. The largest absolute Gasteiger partial charge is 0.508 e. The SMILES string of the molecule is Oc1cccc(Cc2ccc(O)cc2F)c1. The van der Waals surface area contributed by atoms with Gasteiger partial charge in [-0.15, -0.1) is 0 Å². The van der Waals surface area contributed by atoms with Gasteiger partial charge in [-0.3, -0.25) is 0 Å². The van der Waals surface area contributed by atoms with E-state index in [1.807, 2.05) is 6.07 Å². The molecule has 2 nitrogen and oxygen atoms in total. The van der Waals surface area contributed by atoms with E-state index in [9.17, 15) is 9.50 Å². The first-order valence-electron chi connectivity index (χ1n) is 4.90. The van der Waals surface area contributed by atoms with Crippen molar-refractivity contribution in [3.63, 3.8) is 0 Å². The van der Waals surface area contributed by atoms with E-state index in [4.69, 9.17) is 5.11 Å². The molecule has 0 unspecified atom stereocenters. The van der Waals surface area contributed by atoms with Crippen LogP contribution in [0.2, 0.25) is 0 Å². The fourth-order valence-corrected chi connectivity index (χ4v) is 1.57. The quantitative estimate of drug-likeness (QED) is 0.813. The van der Waals surface area contributed by atoms with Gasteiger partial charge in [0.05, 0.1) is 0 Å². The smallest absolute Gasteiger partial charge is 0.130 e. The molecule has 2 aromatic rings. The van der Waals surface area contributed by atoms with Gasteiger partial charge in [-0.1, -0.05) is 18.2 Å². The molecule has 0 aromatic heterocycles. The van der Waals surface area contributed by atoms with Gasteiger partial charge in [0, 0.05) is 12.5 Å². The van der Waals surface area contributed by atoms with Crippen molar-refractivity contribution in [1.82, 2.24) is 0 Å². The molecule has 82 valence electrons. The van der Waals surface area contributed by atoms with Crippen LogP contribution in [0.4, 0.5) is 4.39 Å². The zero-order valence-electron chi connectivity index (χ0n) is 8.52. The molecule has 0 aliphatic carbocycles. The van der Waals surface area contributed by atoms with Crippen molar-refractivity contribution >= 4 is 0 Å². The topological polar surface area (TPSA) is 40.5 Å². The Labute approximate surface area is 92.6 Å². The number of phenols is 2. The highest BCUT2D eigenvalue weighted by atomic mass is 19.1. The van der Waals surface area contributed by atoms with Gasteiger partial charge in [0.15, 0.2) is 0 Å². The predicted octanol–water partition coefficient (Wildman–Crippen LogP) is 2.83. The minimum atomic E-state index is -0.441. The van der Waals surface area contributed by atoms with Crippen molar-refractivity contribution in [1.29, 1.82) is 0 Å². The van der Waals surface area contributed by atoms with Crippen molar-refractivity contribution in [2.75, 3.05) is 0 Å². The first-order valence-corrected chi connectivity index (χ1v) is 4.90. The van der Waals surface area contributed by atoms with Gasteiger partial charge >= 0.3 is 0 Å². The van der Waals surface area contributed by atoms with Crippen molar-refractivity contribution in [3.05, 3.63) is 59.4 Å². The van der Waals surface area contributed by atoms with Crippen LogP contribution >= 0.6 is 0 Å². The number of benzene rings is 2. The van der Waals surface area contributed by atoms with Crippen LogP contribution in [-0.4, -0.2) is 10.2 Å². The molecule has 0 radical (unpaired) electrons. The lowest BCUT2D eigenvalue weighted by molar-refractivity contribution is 0.467. The van der Waals surface area contributed by atoms with Crippen molar-refractivity contribution in [3.8, 4) is 11.5 Å². The molecular weight excluding hydrogens is 207 g/mol. The van der Waals surface area contributed by atoms with Crippen LogP contribution in [0.25, 0.3) is 0 Å². The van der Waals surface area contributed by atoms with Crippen LogP contribution in [0.15, 0.2) is 42.5 Å². The highest BCUT2D eigenvalue weighted by Gasteiger charge is 2.04. The van der Waals surface area contributed by atoms with Gasteiger partial charge in [0.25, 0.3) is 0 Å². The van der Waals surface area contributed by atoms with E-state index in [1.54, 1.807) is 18.2 Å². The normalized spacial score (nSPS) is 10.3. The molecule has 0 atom stereocenters. The third-order valence-corrected chi connectivity index (χ3v) is 2.34. The monoisotopic (exact) mass is 218 g/mol. The number of aromatic hydroxyl groups is 2. The molecule has 2 rings (SSSR count). The summed E-state index contributed by atoms with van der Waals surface area (Å²) in [7, 11) is 0. The van der Waals surface area contributed by atoms with E-state index >= 15 is 0 Å². The Morgan fingerprint density at radius 2 is 1.69 bits per heavy atom. The maximum Gasteiger partial charge on any atom is 0.130 e. The summed E-state index contributed by atoms with van der Waals surface area (Å²) >= 11 is 0. The molecule has 0 fully saturated rings. The van der Waals surface area contributed by atoms with Gasteiger partial charge in [-0.2, -0.15) is 0 Å². The predicted molar refractivity (Wildman–Crippen MR) is 59.0 cm³/mol. The number of phenolic OH excluding ortho intramolecular Hbond substituents is 2. The van der Waals surface area contributed by atoms with Crippen LogP contribution in [0.3, 0.4) is 0 Å². The molecular formula is C13H11FO2. The lowest BCUT2D eigenvalue weighted by Crippen LogP contribution is -1.92. The minimum Gasteiger partial charge on any atom is -0.508 e. The van der Waals surface area contributed by atoms with E-state index in [0.717, 1.165) is 11.6 Å². The van der Waals surface area contributed by atoms with E-state index in [1.165, 1.54) is 12.1 Å². The Morgan fingerprint density at radius 1 is 0.938 bits per heavy atom. The zero-order valence-corrected chi connectivity index (χ0v) is 8.52. The van der Waals surface area contributed by atoms with Crippen LogP contribution in [0.5, 0.6) is 11.5 Å². The Kier molecular flexibility index (Phi) is 2.77. The summed E-state index contributed by atoms with van der Waals surface area (Å²) in [6.45, 7) is 0. The third-order valence-electron chi connectivity index (χ3n) is 2.34. The Hall–Kier alpha value is -2.03. The maximum absolute atomic E-state index is 13.4. The molecule has 0 aliphatic rings. The number of halogens is 1. The molecule has 3 heteroatoms. The number of hydrogen-bond donors (Lipinski definition) is 2. The average Bonchev–Trinajstić information content (AvgIpc) is 2.22. The minimum absolute atomic E-state index is 0.0860. The molecule has 2 aromatic carbocycles. The van der Waals surface area contributed by atoms with Gasteiger partial charge in [-0.05, 0) is 29.3 Å². The van der Waals surface area contributed by atoms with E-state index in [-0.39, 0.29) is 11.5 Å². The summed E-state index contributed by atoms with van der Waals surface area (Å²) in [5.41, 5.74) is 1.31. The molecule has 0 aliphatic heterocycles. The number of rotatable bonds is 2. The van der Waals surface area contributed by atoms with E-state index in [2.05, 4.69) is 0 Å². The van der Waals surface area contributed by atoms with Crippen LogP contribution in [-0.2, 0) is 6.42 Å². The Bertz CT molecular complexity index is 509. The highest BCUT2D eigenvalue weighted by molar-refractivity contribution is 5.34. The van der Waals surface area contributed by atoms with Crippen LogP contribution < -0.4 is 0 Å². The van der Waals surface area contributed by atoms with E-state index < -0.39 is 5.82 Å². The Balaban J connectivity index is 2.27. The maximum atomic E-state index is 13.4. The summed E-state index contributed by atoms with van der Waals surface area (Å²) in [5, 5.41) is 18.3. The van der Waals surface area contributed by atoms with Gasteiger partial charge in [0.2, 0.25) is 0 Å². The summed E-state index contributed by atoms with van der Waals surface area (Å²) in [6, 6.07) is 10.7. The summed E-state index contributed by atoms with van der Waals surface area (Å²) in [5.74, 6) is -0.364. The average molecular weight is 218 g/mol. The summed E-state index contributed by atoms with van der Waals surface area (Å²) < 4.78 is 13.4. The molecule has 0 bridgehead atoms. The second-order valence-corrected chi connectivity index (χ2v) is 3.62. The van der Waals surface area contributed by atoms with Crippen LogP contribution in [0, 0.1) is 5.82 Å². The second kappa shape index (κ2) is 4.23. The molecule has 0 heterocycles. The fraction of sp³-hybridized carbons (Fsp3) is 0.0769.